The van der Waals surface area contributed by atoms with Crippen LogP contribution in [0, 0.1) is 0 Å². The maximum atomic E-state index is 10.2. The molecule has 2 rings (SSSR count). The molecule has 0 spiro atoms. The third kappa shape index (κ3) is 13.9. The number of hydrogen-bond acceptors (Lipinski definition) is 7. The van der Waals surface area contributed by atoms with Crippen LogP contribution in [0.2, 0.25) is 0 Å². The van der Waals surface area contributed by atoms with E-state index in [1.54, 1.807) is 0 Å². The van der Waals surface area contributed by atoms with Crippen LogP contribution in [0.1, 0.15) is 0 Å². The number of rotatable bonds is 0. The average Bonchev–Trinajstić information content (AvgIpc) is 2.17. The van der Waals surface area contributed by atoms with Crippen LogP contribution in [-0.4, -0.2) is 25.0 Å². The molecule has 0 bridgehead atoms. The van der Waals surface area contributed by atoms with Crippen molar-refractivity contribution in [1.82, 2.24) is 19.9 Å². The monoisotopic (exact) mass is 357 g/mol. The normalized spacial score (nSPS) is 6.86. The van der Waals surface area contributed by atoms with Crippen molar-refractivity contribution in [2.24, 2.45) is 0 Å². The molecule has 0 atom stereocenters. The van der Waals surface area contributed by atoms with Crippen LogP contribution in [0.4, 0.5) is 0 Å². The molecule has 0 amide bonds. The van der Waals surface area contributed by atoms with Crippen LogP contribution in [0.3, 0.4) is 0 Å². The molecule has 0 saturated carbocycles. The van der Waals surface area contributed by atoms with Crippen LogP contribution >= 0.6 is 0 Å². The summed E-state index contributed by atoms with van der Waals surface area (Å²) >= 11 is 0. The largest absolute Gasteiger partial charge is 2.00 e. The third-order valence-corrected chi connectivity index (χ3v) is 1.28. The number of aromatic amines is 1. The topological polar surface area (TPSA) is 270 Å². The molecule has 0 aliphatic heterocycles. The minimum absolute atomic E-state index is 0. The number of H-pyrrole nitrogens is 1. The molecule has 2 aromatic rings. The zero-order chi connectivity index (χ0) is 12.0. The second-order valence-electron chi connectivity index (χ2n) is 2.46. The summed E-state index contributed by atoms with van der Waals surface area (Å²) in [6.07, 6.45) is 2.09. The predicted molar refractivity (Wildman–Crippen MR) is 66.9 cm³/mol. The first-order valence-corrected chi connectivity index (χ1v) is 3.97. The molecule has 0 aliphatic rings. The summed E-state index contributed by atoms with van der Waals surface area (Å²) in [5, 5.41) is 28.8. The molecular formula is C8H18CoN4O8+4. The van der Waals surface area contributed by atoms with E-state index in [4.69, 9.17) is 5.11 Å². The van der Waals surface area contributed by atoms with Crippen molar-refractivity contribution in [2.75, 3.05) is 0 Å². The van der Waals surface area contributed by atoms with Gasteiger partial charge >= 0.3 is 16.8 Å². The molecule has 0 aliphatic carbocycles. The van der Waals surface area contributed by atoms with E-state index in [-0.39, 0.29) is 44.6 Å². The third-order valence-electron chi connectivity index (χ3n) is 1.28. The summed E-state index contributed by atoms with van der Waals surface area (Å²) in [5.74, 6) is -1.27. The number of nitrogens with zero attached hydrogens (tertiary/aromatic N) is 3. The summed E-state index contributed by atoms with van der Waals surface area (Å²) < 4.78 is 0. The Morgan fingerprint density at radius 2 is 1.48 bits per heavy atom. The van der Waals surface area contributed by atoms with Crippen LogP contribution < -0.4 is 15.8 Å². The van der Waals surface area contributed by atoms with Gasteiger partial charge in [-0.05, 0) is 11.8 Å². The maximum Gasteiger partial charge on any atom is 2.00 e. The maximum absolute atomic E-state index is 10.2. The fourth-order valence-electron chi connectivity index (χ4n) is 0.680. The minimum Gasteiger partial charge on any atom is -0.858 e. The Balaban J connectivity index is -0.0000000656. The number of nitrogens with one attached hydrogen (secondary N) is 1. The van der Waals surface area contributed by atoms with E-state index >= 15 is 0 Å². The van der Waals surface area contributed by atoms with Crippen molar-refractivity contribution in [3.63, 3.8) is 0 Å². The Hall–Kier alpha value is -2.29. The molecule has 0 unspecified atom stereocenters. The van der Waals surface area contributed by atoms with Crippen LogP contribution in [0.5, 0.6) is 17.6 Å². The van der Waals surface area contributed by atoms with Crippen molar-refractivity contribution < 1.29 is 54.0 Å². The van der Waals surface area contributed by atoms with Crippen molar-refractivity contribution in [3.05, 3.63) is 35.1 Å². The second kappa shape index (κ2) is 15.8. The molecule has 0 saturated heterocycles. The fourth-order valence-corrected chi connectivity index (χ4v) is 0.680. The molecule has 1 radical (unpaired) electrons. The van der Waals surface area contributed by atoms with Gasteiger partial charge in [-0.2, -0.15) is 0 Å². The van der Waals surface area contributed by atoms with Gasteiger partial charge in [0.1, 0.15) is 6.33 Å². The van der Waals surface area contributed by atoms with Gasteiger partial charge in [-0.25, -0.2) is 4.98 Å². The summed E-state index contributed by atoms with van der Waals surface area (Å²) in [7, 11) is 0. The van der Waals surface area contributed by atoms with Gasteiger partial charge in [0.05, 0.1) is 6.33 Å². The van der Waals surface area contributed by atoms with E-state index in [0.717, 1.165) is 24.8 Å². The number of aromatic nitrogens is 4. The molecule has 2 aromatic heterocycles. The van der Waals surface area contributed by atoms with Gasteiger partial charge in [0.15, 0.2) is 0 Å². The minimum atomic E-state index is -0.506. The second-order valence-corrected chi connectivity index (χ2v) is 2.46. The molecule has 21 heavy (non-hydrogen) atoms. The molecule has 14 N–H and O–H groups in total. The van der Waals surface area contributed by atoms with Crippen molar-refractivity contribution in [2.45, 2.75) is 0 Å². The van der Waals surface area contributed by atoms with E-state index in [9.17, 15) is 15.0 Å². The molecule has 12 nitrogen and oxygen atoms in total. The Labute approximate surface area is 127 Å². The van der Waals surface area contributed by atoms with Gasteiger partial charge < -0.3 is 42.2 Å². The quantitative estimate of drug-likeness (QED) is 0.430. The Morgan fingerprint density at radius 3 is 1.76 bits per heavy atom. The van der Waals surface area contributed by atoms with Gasteiger partial charge in [-0.15, -0.1) is 0 Å². The first-order valence-electron chi connectivity index (χ1n) is 3.97. The Kier molecular flexibility index (Phi) is 23.4. The summed E-state index contributed by atoms with van der Waals surface area (Å²) in [5.41, 5.74) is -0.412. The van der Waals surface area contributed by atoms with E-state index in [2.05, 4.69) is 19.9 Å². The summed E-state index contributed by atoms with van der Waals surface area (Å²) in [6, 6.07) is 1.83. The van der Waals surface area contributed by atoms with Gasteiger partial charge in [0.2, 0.25) is 11.4 Å². The van der Waals surface area contributed by atoms with Crippen LogP contribution in [0.15, 0.2) is 29.6 Å². The van der Waals surface area contributed by atoms with Crippen molar-refractivity contribution in [3.8, 4) is 17.6 Å². The first-order chi connectivity index (χ1) is 7.58. The summed E-state index contributed by atoms with van der Waals surface area (Å²) in [6.45, 7) is 0. The van der Waals surface area contributed by atoms with Crippen LogP contribution in [-0.2, 0) is 38.7 Å². The van der Waals surface area contributed by atoms with E-state index in [0.29, 0.717) is 0 Å². The number of aromatic hydroxyl groups is 1. The van der Waals surface area contributed by atoms with Gasteiger partial charge in [0.25, 0.3) is 0 Å². The molecule has 2 heterocycles. The standard InChI is InChI=1S/2C4H4N2O2.Co.4H2O/c2*7-3-1-4(8)6-2-5-3;;;;;/h2*1-2H,(H2,5,6,7,8);;4*1H2/q;;+2;;;;/p+2. The zero-order valence-corrected chi connectivity index (χ0v) is 11.5. The average molecular weight is 357 g/mol. The smallest absolute Gasteiger partial charge is 0.858 e. The molecule has 0 fully saturated rings. The zero-order valence-electron chi connectivity index (χ0n) is 10.5. The molecular weight excluding hydrogens is 339 g/mol. The van der Waals surface area contributed by atoms with Crippen LogP contribution in [0.25, 0.3) is 0 Å². The predicted octanol–water partition coefficient (Wildman–Crippen LogP) is -5.59. The van der Waals surface area contributed by atoms with Gasteiger partial charge in [0, 0.05) is 12.1 Å². The van der Waals surface area contributed by atoms with Crippen molar-refractivity contribution >= 4 is 0 Å². The van der Waals surface area contributed by atoms with E-state index < -0.39 is 17.3 Å². The van der Waals surface area contributed by atoms with Gasteiger partial charge in [-0.3, -0.25) is 14.8 Å². The molecule has 123 valence electrons. The van der Waals surface area contributed by atoms with E-state index in [1.807, 2.05) is 0 Å². The first kappa shape index (κ1) is 31.2. The van der Waals surface area contributed by atoms with Gasteiger partial charge in [-0.1, -0.05) is 0 Å². The molecule has 0 aromatic carbocycles. The SMILES string of the molecule is O=c1cc([O-])nc[nH]1.[Co+2].[O-]c1cc(O)ncn1.[OH3+].[OH3+].[OH3+].[OH3+]. The Morgan fingerprint density at radius 1 is 0.952 bits per heavy atom. The van der Waals surface area contributed by atoms with E-state index in [1.165, 1.54) is 0 Å². The fraction of sp³-hybridized carbons (Fsp3) is 0. The Bertz CT molecular complexity index is 508. The summed E-state index contributed by atoms with van der Waals surface area (Å²) in [4.78, 5) is 22.1. The van der Waals surface area contributed by atoms with Crippen molar-refractivity contribution in [1.29, 1.82) is 0 Å². The molecule has 13 heteroatoms. The number of hydrogen-bond donors (Lipinski definition) is 2.